The molecule has 1 aromatic heterocycles. The number of nitrogens with zero attached hydrogens (tertiary/aromatic N) is 1. The van der Waals surface area contributed by atoms with Crippen molar-refractivity contribution in [2.24, 2.45) is 0 Å². The summed E-state index contributed by atoms with van der Waals surface area (Å²) >= 11 is 0. The maximum absolute atomic E-state index is 11.8. The number of aromatic nitrogens is 1. The number of carboxylic acids is 1. The normalized spacial score (nSPS) is 12.6. The molecule has 0 saturated carbocycles. The molecule has 2 N–H and O–H groups in total. The number of anilines is 1. The number of carboxylic acid groups (broad SMARTS) is 1. The minimum atomic E-state index is -0.965. The van der Waals surface area contributed by atoms with Gasteiger partial charge in [-0.1, -0.05) is 4.57 Å². The third kappa shape index (κ3) is 4.95. The molecule has 0 bridgehead atoms. The van der Waals surface area contributed by atoms with Crippen LogP contribution in [0.1, 0.15) is 27.7 Å². The van der Waals surface area contributed by atoms with Gasteiger partial charge in [-0.05, 0) is 33.8 Å². The molecule has 0 aliphatic heterocycles. The Morgan fingerprint density at radius 1 is 1.42 bits per heavy atom. The fourth-order valence-corrected chi connectivity index (χ4v) is 1.30. The van der Waals surface area contributed by atoms with E-state index in [1.165, 1.54) is 17.7 Å². The Balaban J connectivity index is 2.82. The molecule has 0 spiro atoms. The van der Waals surface area contributed by atoms with Crippen LogP contribution in [-0.4, -0.2) is 28.8 Å². The zero-order valence-electron chi connectivity index (χ0n) is 11.5. The van der Waals surface area contributed by atoms with Gasteiger partial charge in [-0.15, -0.1) is 0 Å². The fourth-order valence-electron chi connectivity index (χ4n) is 1.30. The number of aliphatic carboxylic acids is 1. The first-order valence-corrected chi connectivity index (χ1v) is 5.93. The maximum atomic E-state index is 11.8. The van der Waals surface area contributed by atoms with E-state index in [-0.39, 0.29) is 0 Å². The van der Waals surface area contributed by atoms with Gasteiger partial charge in [0.2, 0.25) is 6.20 Å². The van der Waals surface area contributed by atoms with Gasteiger partial charge in [0.05, 0.1) is 0 Å². The largest absolute Gasteiger partial charge is 0.602 e. The maximum Gasteiger partial charge on any atom is 0.602 e. The number of hydrogen-bond acceptors (Lipinski definition) is 4. The zero-order chi connectivity index (χ0) is 14.6. The molecule has 19 heavy (non-hydrogen) atoms. The van der Waals surface area contributed by atoms with Crippen LogP contribution in [0.3, 0.4) is 0 Å². The Kier molecular flexibility index (Phi) is 4.47. The molecule has 0 aliphatic carbocycles. The number of rotatable bonds is 3. The molecular formula is C13H19N2O4+. The van der Waals surface area contributed by atoms with Crippen LogP contribution >= 0.6 is 0 Å². The van der Waals surface area contributed by atoms with E-state index in [0.29, 0.717) is 5.69 Å². The molecule has 0 aliphatic rings. The van der Waals surface area contributed by atoms with Crippen molar-refractivity contribution in [2.75, 3.05) is 5.32 Å². The van der Waals surface area contributed by atoms with Crippen LogP contribution in [0.4, 0.5) is 10.5 Å². The number of pyridine rings is 1. The van der Waals surface area contributed by atoms with Crippen LogP contribution < -0.4 is 9.88 Å². The van der Waals surface area contributed by atoms with E-state index in [1.807, 2.05) is 0 Å². The standard InChI is InChI=1S/C13H18N2O4/c1-9(11(16)17)14-10-6-5-7-15(8-10)12(18)19-13(2,3)4/h5-9,14H,1-4H3/p+1. The minimum Gasteiger partial charge on any atom is -0.480 e. The van der Waals surface area contributed by atoms with Crippen LogP contribution in [0.2, 0.25) is 0 Å². The highest BCUT2D eigenvalue weighted by Crippen LogP contribution is 2.08. The van der Waals surface area contributed by atoms with E-state index >= 15 is 0 Å². The van der Waals surface area contributed by atoms with Crippen molar-refractivity contribution in [1.29, 1.82) is 0 Å². The Labute approximate surface area is 112 Å². The van der Waals surface area contributed by atoms with Crippen LogP contribution in [-0.2, 0) is 9.53 Å². The zero-order valence-corrected chi connectivity index (χ0v) is 11.5. The Morgan fingerprint density at radius 2 is 2.05 bits per heavy atom. The van der Waals surface area contributed by atoms with Crippen LogP contribution in [0, 0.1) is 0 Å². The van der Waals surface area contributed by atoms with Crippen molar-refractivity contribution >= 4 is 17.7 Å². The first kappa shape index (κ1) is 14.9. The van der Waals surface area contributed by atoms with Gasteiger partial charge < -0.3 is 15.2 Å². The average Bonchev–Trinajstić information content (AvgIpc) is 2.27. The molecule has 0 radical (unpaired) electrons. The SMILES string of the molecule is CC(Nc1ccc[n+](C(=O)OC(C)(C)C)c1)C(=O)O. The van der Waals surface area contributed by atoms with Crippen molar-refractivity contribution in [3.8, 4) is 0 Å². The molecule has 1 rings (SSSR count). The third-order valence-corrected chi connectivity index (χ3v) is 2.16. The van der Waals surface area contributed by atoms with Gasteiger partial charge in [-0.25, -0.2) is 0 Å². The Bertz CT molecular complexity index is 480. The number of ether oxygens (including phenoxy) is 1. The lowest BCUT2D eigenvalue weighted by molar-refractivity contribution is -0.587. The average molecular weight is 267 g/mol. The second-order valence-electron chi connectivity index (χ2n) is 5.18. The highest BCUT2D eigenvalue weighted by Gasteiger charge is 2.24. The molecule has 6 nitrogen and oxygen atoms in total. The molecule has 0 amide bonds. The number of carbonyl (C=O) groups excluding carboxylic acids is 1. The molecule has 104 valence electrons. The van der Waals surface area contributed by atoms with Crippen molar-refractivity contribution in [2.45, 2.75) is 39.3 Å². The van der Waals surface area contributed by atoms with E-state index < -0.39 is 23.7 Å². The predicted octanol–water partition coefficient (Wildman–Crippen LogP) is 1.64. The molecule has 6 heteroatoms. The summed E-state index contributed by atoms with van der Waals surface area (Å²) in [6.07, 6.45) is 2.53. The smallest absolute Gasteiger partial charge is 0.480 e. The van der Waals surface area contributed by atoms with Crippen LogP contribution in [0.25, 0.3) is 0 Å². The van der Waals surface area contributed by atoms with E-state index in [4.69, 9.17) is 9.84 Å². The van der Waals surface area contributed by atoms with E-state index in [1.54, 1.807) is 39.1 Å². The van der Waals surface area contributed by atoms with Gasteiger partial charge in [0.25, 0.3) is 0 Å². The van der Waals surface area contributed by atoms with Gasteiger partial charge in [0.1, 0.15) is 17.3 Å². The topological polar surface area (TPSA) is 79.5 Å². The summed E-state index contributed by atoms with van der Waals surface area (Å²) in [7, 11) is 0. The van der Waals surface area contributed by atoms with Crippen molar-refractivity contribution in [1.82, 2.24) is 0 Å². The molecule has 1 unspecified atom stereocenters. The molecule has 1 atom stereocenters. The molecular weight excluding hydrogens is 248 g/mol. The number of hydrogen-bond donors (Lipinski definition) is 2. The summed E-state index contributed by atoms with van der Waals surface area (Å²) in [5.41, 5.74) is -0.0507. The van der Waals surface area contributed by atoms with Crippen LogP contribution in [0.5, 0.6) is 0 Å². The van der Waals surface area contributed by atoms with Crippen molar-refractivity contribution in [3.05, 3.63) is 24.5 Å². The lowest BCUT2D eigenvalue weighted by atomic mass is 10.2. The summed E-state index contributed by atoms with van der Waals surface area (Å²) in [5.74, 6) is -0.965. The second-order valence-corrected chi connectivity index (χ2v) is 5.18. The van der Waals surface area contributed by atoms with E-state index in [2.05, 4.69) is 5.32 Å². The Morgan fingerprint density at radius 3 is 2.58 bits per heavy atom. The predicted molar refractivity (Wildman–Crippen MR) is 69.0 cm³/mol. The monoisotopic (exact) mass is 267 g/mol. The first-order chi connectivity index (χ1) is 8.69. The van der Waals surface area contributed by atoms with Gasteiger partial charge in [-0.2, -0.15) is 4.79 Å². The van der Waals surface area contributed by atoms with Crippen LogP contribution in [0.15, 0.2) is 24.5 Å². The molecule has 1 heterocycles. The highest BCUT2D eigenvalue weighted by atomic mass is 16.6. The van der Waals surface area contributed by atoms with Crippen molar-refractivity contribution < 1.29 is 24.0 Å². The fraction of sp³-hybridized carbons (Fsp3) is 0.462. The minimum absolute atomic E-state index is 0.515. The number of carbonyl (C=O) groups is 2. The summed E-state index contributed by atoms with van der Waals surface area (Å²) in [5, 5.41) is 11.6. The Hall–Kier alpha value is -2.11. The molecule has 0 aromatic carbocycles. The second kappa shape index (κ2) is 5.69. The summed E-state index contributed by atoms with van der Waals surface area (Å²) in [6, 6.07) is 2.58. The molecule has 1 aromatic rings. The van der Waals surface area contributed by atoms with Gasteiger partial charge in [0.15, 0.2) is 6.20 Å². The lowest BCUT2D eigenvalue weighted by Gasteiger charge is -2.16. The van der Waals surface area contributed by atoms with E-state index in [9.17, 15) is 9.59 Å². The number of nitrogens with one attached hydrogen (secondary N) is 1. The third-order valence-electron chi connectivity index (χ3n) is 2.16. The highest BCUT2D eigenvalue weighted by molar-refractivity contribution is 5.76. The van der Waals surface area contributed by atoms with Crippen molar-refractivity contribution in [3.63, 3.8) is 0 Å². The summed E-state index contributed by atoms with van der Waals surface area (Å²) in [6.45, 7) is 6.85. The lowest BCUT2D eigenvalue weighted by Crippen LogP contribution is -2.46. The molecule has 0 saturated heterocycles. The summed E-state index contributed by atoms with van der Waals surface area (Å²) < 4.78 is 6.48. The van der Waals surface area contributed by atoms with Gasteiger partial charge in [0, 0.05) is 6.07 Å². The summed E-state index contributed by atoms with van der Waals surface area (Å²) in [4.78, 5) is 22.6. The van der Waals surface area contributed by atoms with E-state index in [0.717, 1.165) is 0 Å². The first-order valence-electron chi connectivity index (χ1n) is 5.93. The molecule has 0 fully saturated rings. The van der Waals surface area contributed by atoms with Gasteiger partial charge in [-0.3, -0.25) is 4.79 Å². The quantitative estimate of drug-likeness (QED) is 0.814. The van der Waals surface area contributed by atoms with Gasteiger partial charge >= 0.3 is 12.1 Å².